The highest BCUT2D eigenvalue weighted by atomic mass is 19.1. The molecule has 7 heterocycles. The third kappa shape index (κ3) is 12.9. The molecular formula is C65H78F2N10O7. The molecule has 1 spiro atoms. The first-order valence-electron chi connectivity index (χ1n) is 29.3. The Hall–Kier alpha value is -7.66. The molecule has 3 N–H and O–H groups in total. The number of hydrogen-bond donors (Lipinski definition) is 3. The Bertz CT molecular complexity index is 3280. The number of terminal acetylenes is 1. The highest BCUT2D eigenvalue weighted by Crippen LogP contribution is 2.47. The van der Waals surface area contributed by atoms with Gasteiger partial charge in [-0.3, -0.25) is 34.0 Å². The van der Waals surface area contributed by atoms with Crippen LogP contribution in [0.25, 0.3) is 32.9 Å². The van der Waals surface area contributed by atoms with Crippen molar-refractivity contribution in [3.63, 3.8) is 0 Å². The normalized spacial score (nSPS) is 22.0. The number of imide groups is 1. The molecule has 6 fully saturated rings. The lowest BCUT2D eigenvalue weighted by molar-refractivity contribution is -0.130. The monoisotopic (exact) mass is 1150 g/mol. The number of likely N-dealkylation sites (N-methyl/N-ethyl adjacent to an activating group) is 1. The van der Waals surface area contributed by atoms with Crippen molar-refractivity contribution in [1.82, 2.24) is 40.3 Å². The van der Waals surface area contributed by atoms with Crippen LogP contribution in [0.3, 0.4) is 0 Å². The van der Waals surface area contributed by atoms with Gasteiger partial charge in [0.05, 0.1) is 23.1 Å². The Morgan fingerprint density at radius 3 is 2.38 bits per heavy atom. The van der Waals surface area contributed by atoms with Gasteiger partial charge in [-0.25, -0.2) is 8.78 Å². The van der Waals surface area contributed by atoms with Crippen molar-refractivity contribution >= 4 is 64.1 Å². The second-order valence-corrected chi connectivity index (χ2v) is 23.5. The number of rotatable bonds is 17. The number of anilines is 2. The van der Waals surface area contributed by atoms with Crippen molar-refractivity contribution in [2.75, 3.05) is 77.4 Å². The van der Waals surface area contributed by atoms with Crippen molar-refractivity contribution in [1.29, 1.82) is 0 Å². The zero-order valence-electron chi connectivity index (χ0n) is 48.8. The maximum absolute atomic E-state index is 16.8. The lowest BCUT2D eigenvalue weighted by atomic mass is 9.66. The number of fused-ring (bicyclic) bond motifs is 5. The highest BCUT2D eigenvalue weighted by Gasteiger charge is 2.51. The van der Waals surface area contributed by atoms with Crippen LogP contribution >= 0.6 is 0 Å². The Kier molecular flexibility index (Phi) is 19.5. The molecule has 0 radical (unpaired) electrons. The van der Waals surface area contributed by atoms with Crippen molar-refractivity contribution in [3.8, 4) is 29.6 Å². The van der Waals surface area contributed by atoms with E-state index in [1.54, 1.807) is 63.7 Å². The minimum atomic E-state index is -0.855. The predicted octanol–water partition coefficient (Wildman–Crippen LogP) is 8.56. The summed E-state index contributed by atoms with van der Waals surface area (Å²) in [6.07, 6.45) is 24.1. The van der Waals surface area contributed by atoms with Crippen molar-refractivity contribution in [2.45, 2.75) is 120 Å². The molecule has 5 aromatic rings. The van der Waals surface area contributed by atoms with Gasteiger partial charge in [0.2, 0.25) is 18.7 Å². The van der Waals surface area contributed by atoms with E-state index in [-0.39, 0.29) is 34.2 Å². The fourth-order valence-corrected chi connectivity index (χ4v) is 13.6. The molecule has 1 aliphatic carbocycles. The van der Waals surface area contributed by atoms with Crippen LogP contribution in [0.2, 0.25) is 0 Å². The summed E-state index contributed by atoms with van der Waals surface area (Å²) in [4.78, 5) is 79.1. The summed E-state index contributed by atoms with van der Waals surface area (Å²) >= 11 is 0. The third-order valence-electron chi connectivity index (χ3n) is 18.3. The number of pyridine rings is 1. The quantitative estimate of drug-likeness (QED) is 0.0456. The molecule has 1 saturated carbocycles. The zero-order chi connectivity index (χ0) is 59.7. The van der Waals surface area contributed by atoms with E-state index in [1.165, 1.54) is 31.5 Å². The standard InChI is InChI=1S/C36H36F2N6O2.C17H23N3O3.C12H19NO2/c1-4-26-29(37)11-8-22-6-5-7-27(30(22)26)32-31(38)33-28(15-39-32)34(43-17-23-9-10-24(18-43)40-23)42-35(41-33)46-20-36-13-12-25(19-45-3)44(36)16-21(2)14-36;1-5-6-7-15(16(22)19-4)20(11-21)17(23)14-9-8-13(18-3)10-12(14)2;14-9-11-1-3-12(4-2-11)5-7-13(10-15)8-6-12/h1,5-8,11,15,23-25,40H,2,9-10,12-14,16-20H2,3H3;5,8-11,15,18H,1,6-7H2,2-4H3,(H,19,22);9-11H,1-8H2/t23?,24?,25-,36-;;/m0../s1. The fourth-order valence-electron chi connectivity index (χ4n) is 13.6. The number of allylic oxidation sites excluding steroid dienone is 1. The molecule has 5 atom stereocenters. The number of carbonyl (C=O) groups is 5. The molecular weight excluding hydrogens is 1070 g/mol. The fraction of sp³-hybridized carbons (Fsp3) is 0.477. The van der Waals surface area contributed by atoms with Gasteiger partial charge in [-0.1, -0.05) is 48.4 Å². The first-order valence-corrected chi connectivity index (χ1v) is 29.3. The van der Waals surface area contributed by atoms with Crippen molar-refractivity contribution in [2.24, 2.45) is 11.3 Å². The van der Waals surface area contributed by atoms with Gasteiger partial charge in [-0.15, -0.1) is 13.0 Å². The summed E-state index contributed by atoms with van der Waals surface area (Å²) in [5.74, 6) is 1.34. The number of likely N-dealkylation sites (tertiary alicyclic amines) is 1. The van der Waals surface area contributed by atoms with Gasteiger partial charge in [0.15, 0.2) is 5.82 Å². The Balaban J connectivity index is 0.000000184. The number of amides is 4. The lowest BCUT2D eigenvalue weighted by Gasteiger charge is -2.44. The van der Waals surface area contributed by atoms with Gasteiger partial charge in [0, 0.05) is 106 Å². The van der Waals surface area contributed by atoms with E-state index < -0.39 is 23.6 Å². The number of ether oxygens (including phenoxy) is 2. The topological polar surface area (TPSA) is 192 Å². The third-order valence-corrected chi connectivity index (χ3v) is 18.3. The second-order valence-electron chi connectivity index (χ2n) is 23.5. The molecule has 444 valence electrons. The number of nitrogens with one attached hydrogen (secondary N) is 3. The van der Waals surface area contributed by atoms with Crippen LogP contribution in [-0.2, 0) is 23.9 Å². The van der Waals surface area contributed by atoms with Gasteiger partial charge in [0.1, 0.15) is 41.8 Å². The molecule has 2 aromatic heterocycles. The molecule has 3 aromatic carbocycles. The average Bonchev–Trinajstić information content (AvgIpc) is 3.78. The van der Waals surface area contributed by atoms with E-state index >= 15 is 4.39 Å². The summed E-state index contributed by atoms with van der Waals surface area (Å²) in [6, 6.07) is 13.7. The van der Waals surface area contributed by atoms with E-state index in [2.05, 4.69) is 54.8 Å². The second kappa shape index (κ2) is 26.9. The smallest absolute Gasteiger partial charge is 0.319 e. The first-order chi connectivity index (χ1) is 40.6. The summed E-state index contributed by atoms with van der Waals surface area (Å²) in [6.45, 7) is 14.8. The number of aldehydes is 1. The Morgan fingerprint density at radius 1 is 0.988 bits per heavy atom. The SMILES string of the molecule is C#Cc1c(F)ccc2cccc(-c3ncc4c(N5CC6CCC(C5)N6)nc(OC[C@@]56CC[C@@H](COC)N5CC(=C)C6)nc4c3F)c12.C=CCCC(C(=O)NC)N(C=O)C(=O)c1ccc(NC)cc1C.O=CC1CCC2(CC1)CCN(C=O)CC2. The average molecular weight is 1150 g/mol. The van der Waals surface area contributed by atoms with Gasteiger partial charge in [-0.05, 0) is 131 Å². The number of benzene rings is 3. The van der Waals surface area contributed by atoms with Crippen LogP contribution < -0.4 is 25.6 Å². The largest absolute Gasteiger partial charge is 0.461 e. The number of aromatic nitrogens is 3. The van der Waals surface area contributed by atoms with Crippen LogP contribution in [0.5, 0.6) is 6.01 Å². The summed E-state index contributed by atoms with van der Waals surface area (Å²) < 4.78 is 43.6. The number of aryl methyl sites for hydroxylation is 1. The summed E-state index contributed by atoms with van der Waals surface area (Å²) in [5.41, 5.74) is 4.02. The van der Waals surface area contributed by atoms with Crippen LogP contribution in [0.15, 0.2) is 79.5 Å². The molecule has 17 nitrogen and oxygen atoms in total. The molecule has 11 rings (SSSR count). The molecule has 84 heavy (non-hydrogen) atoms. The summed E-state index contributed by atoms with van der Waals surface area (Å²) in [7, 11) is 4.99. The first kappa shape index (κ1) is 60.9. The summed E-state index contributed by atoms with van der Waals surface area (Å²) in [5, 5.41) is 10.8. The number of nitrogens with zero attached hydrogens (tertiary/aromatic N) is 7. The van der Waals surface area contributed by atoms with Gasteiger partial charge in [-0.2, -0.15) is 9.97 Å². The van der Waals surface area contributed by atoms with Crippen LogP contribution in [0.4, 0.5) is 20.3 Å². The molecule has 5 aliphatic heterocycles. The molecule has 19 heteroatoms. The number of piperidine rings is 1. The van der Waals surface area contributed by atoms with Gasteiger partial charge >= 0.3 is 6.01 Å². The van der Waals surface area contributed by atoms with E-state index in [9.17, 15) is 28.4 Å². The molecule has 3 unspecified atom stereocenters. The number of piperazine rings is 1. The van der Waals surface area contributed by atoms with E-state index in [0.717, 1.165) is 119 Å². The maximum atomic E-state index is 16.8. The van der Waals surface area contributed by atoms with Crippen LogP contribution in [-0.4, -0.2) is 157 Å². The minimum Gasteiger partial charge on any atom is -0.461 e. The van der Waals surface area contributed by atoms with E-state index in [1.807, 2.05) is 17.0 Å². The number of carbonyl (C=O) groups excluding carboxylic acids is 5. The Labute approximate surface area is 491 Å². The van der Waals surface area contributed by atoms with Crippen molar-refractivity contribution in [3.05, 3.63) is 108 Å². The van der Waals surface area contributed by atoms with Crippen molar-refractivity contribution < 1.29 is 42.2 Å². The zero-order valence-corrected chi connectivity index (χ0v) is 48.8. The maximum Gasteiger partial charge on any atom is 0.319 e. The molecule has 2 bridgehead atoms. The number of methoxy groups -OCH3 is 1. The number of hydrogen-bond acceptors (Lipinski definition) is 14. The van der Waals surface area contributed by atoms with Gasteiger partial charge < -0.3 is 40.0 Å². The predicted molar refractivity (Wildman–Crippen MR) is 321 cm³/mol. The number of halogens is 2. The van der Waals surface area contributed by atoms with Crippen LogP contribution in [0.1, 0.15) is 105 Å². The van der Waals surface area contributed by atoms with Crippen LogP contribution in [0, 0.1) is 42.2 Å². The molecule has 6 aliphatic rings. The van der Waals surface area contributed by atoms with Gasteiger partial charge in [0.25, 0.3) is 5.91 Å². The lowest BCUT2D eigenvalue weighted by Crippen LogP contribution is -2.51. The highest BCUT2D eigenvalue weighted by molar-refractivity contribution is 6.05. The van der Waals surface area contributed by atoms with E-state index in [0.29, 0.717) is 95.0 Å². The molecule has 5 saturated heterocycles. The van der Waals surface area contributed by atoms with E-state index in [4.69, 9.17) is 20.9 Å². The minimum absolute atomic E-state index is 0.0474. The molecule has 4 amide bonds. The Morgan fingerprint density at radius 2 is 1.74 bits per heavy atom.